The van der Waals surface area contributed by atoms with Gasteiger partial charge in [0.05, 0.1) is 28.1 Å². The monoisotopic (exact) mass is 330 g/mol. The maximum Gasteiger partial charge on any atom is 0.154 e. The molecule has 0 fully saturated rings. The fourth-order valence-electron chi connectivity index (χ4n) is 2.23. The average molecular weight is 331 g/mol. The zero-order chi connectivity index (χ0) is 15.1. The Bertz CT molecular complexity index is 948. The third kappa shape index (κ3) is 2.08. The molecule has 22 heavy (non-hydrogen) atoms. The number of aromatic nitrogens is 2. The van der Waals surface area contributed by atoms with Crippen LogP contribution in [0.1, 0.15) is 0 Å². The Morgan fingerprint density at radius 1 is 0.773 bits per heavy atom. The number of hydrogen-bond donors (Lipinski definition) is 0. The predicted molar refractivity (Wildman–Crippen MR) is 85.0 cm³/mol. The van der Waals surface area contributed by atoms with Crippen LogP contribution in [-0.4, -0.2) is 9.97 Å². The second kappa shape index (κ2) is 5.16. The van der Waals surface area contributed by atoms with Gasteiger partial charge in [0.1, 0.15) is 16.9 Å². The van der Waals surface area contributed by atoms with E-state index in [-0.39, 0.29) is 0 Å². The average Bonchev–Trinajstić information content (AvgIpc) is 3.22. The molecule has 0 bridgehead atoms. The van der Waals surface area contributed by atoms with E-state index in [0.29, 0.717) is 44.0 Å². The molecule has 0 saturated carbocycles. The van der Waals surface area contributed by atoms with Crippen LogP contribution in [0.25, 0.3) is 33.9 Å². The van der Waals surface area contributed by atoms with Crippen molar-refractivity contribution in [3.05, 3.63) is 59.0 Å². The van der Waals surface area contributed by atoms with E-state index in [1.807, 2.05) is 6.07 Å². The minimum Gasteiger partial charge on any atom is -0.463 e. The molecule has 6 heteroatoms. The molecular weight excluding hydrogens is 323 g/mol. The Labute approximate surface area is 135 Å². The first-order valence-corrected chi connectivity index (χ1v) is 7.23. The van der Waals surface area contributed by atoms with Gasteiger partial charge in [0.15, 0.2) is 11.5 Å². The molecular formula is C16H8Cl2N2O2. The van der Waals surface area contributed by atoms with Crippen molar-refractivity contribution < 1.29 is 8.83 Å². The van der Waals surface area contributed by atoms with Crippen LogP contribution in [0.4, 0.5) is 0 Å². The third-order valence-corrected chi connectivity index (χ3v) is 4.03. The van der Waals surface area contributed by atoms with E-state index in [2.05, 4.69) is 9.97 Å². The van der Waals surface area contributed by atoms with Crippen LogP contribution < -0.4 is 0 Å². The molecule has 0 N–H and O–H groups in total. The molecule has 0 radical (unpaired) electrons. The molecule has 4 nitrogen and oxygen atoms in total. The molecule has 0 saturated heterocycles. The van der Waals surface area contributed by atoms with Crippen LogP contribution in [0.5, 0.6) is 0 Å². The van der Waals surface area contributed by atoms with Gasteiger partial charge in [0.25, 0.3) is 0 Å². The molecule has 1 aromatic carbocycles. The minimum absolute atomic E-state index is 0.366. The molecule has 0 spiro atoms. The molecule has 0 unspecified atom stereocenters. The summed E-state index contributed by atoms with van der Waals surface area (Å²) in [4.78, 5) is 9.22. The number of rotatable bonds is 2. The SMILES string of the molecule is Clc1ccc2nc(-c3ccco3)c(-c3ccco3)nc2c1Cl. The Hall–Kier alpha value is -2.30. The van der Waals surface area contributed by atoms with Crippen molar-refractivity contribution in [2.75, 3.05) is 0 Å². The van der Waals surface area contributed by atoms with Gasteiger partial charge in [-0.05, 0) is 36.4 Å². The highest BCUT2D eigenvalue weighted by Crippen LogP contribution is 2.35. The van der Waals surface area contributed by atoms with E-state index in [0.717, 1.165) is 0 Å². The first kappa shape index (κ1) is 13.4. The normalized spacial score (nSPS) is 11.2. The summed E-state index contributed by atoms with van der Waals surface area (Å²) < 4.78 is 10.9. The molecule has 0 aliphatic carbocycles. The van der Waals surface area contributed by atoms with E-state index >= 15 is 0 Å². The highest BCUT2D eigenvalue weighted by atomic mass is 35.5. The fourth-order valence-corrected chi connectivity index (χ4v) is 2.59. The fraction of sp³-hybridized carbons (Fsp3) is 0. The summed E-state index contributed by atoms with van der Waals surface area (Å²) in [6.45, 7) is 0. The lowest BCUT2D eigenvalue weighted by atomic mass is 10.2. The number of fused-ring (bicyclic) bond motifs is 1. The van der Waals surface area contributed by atoms with Gasteiger partial charge in [-0.15, -0.1) is 0 Å². The van der Waals surface area contributed by atoms with Crippen LogP contribution in [0, 0.1) is 0 Å². The lowest BCUT2D eigenvalue weighted by Crippen LogP contribution is -1.94. The Kier molecular flexibility index (Phi) is 3.13. The molecule has 0 aliphatic heterocycles. The Balaban J connectivity index is 2.09. The maximum absolute atomic E-state index is 6.25. The Morgan fingerprint density at radius 3 is 2.00 bits per heavy atom. The van der Waals surface area contributed by atoms with E-state index < -0.39 is 0 Å². The van der Waals surface area contributed by atoms with E-state index in [9.17, 15) is 0 Å². The molecule has 108 valence electrons. The summed E-state index contributed by atoms with van der Waals surface area (Å²) >= 11 is 12.3. The lowest BCUT2D eigenvalue weighted by molar-refractivity contribution is 0.572. The molecule has 3 aromatic heterocycles. The van der Waals surface area contributed by atoms with Crippen LogP contribution >= 0.6 is 23.2 Å². The highest BCUT2D eigenvalue weighted by molar-refractivity contribution is 6.44. The summed E-state index contributed by atoms with van der Waals surface area (Å²) in [6.07, 6.45) is 3.16. The zero-order valence-corrected chi connectivity index (χ0v) is 12.6. The molecule has 4 rings (SSSR count). The van der Waals surface area contributed by atoms with E-state index in [4.69, 9.17) is 32.0 Å². The van der Waals surface area contributed by atoms with Crippen LogP contribution in [0.3, 0.4) is 0 Å². The molecule has 0 atom stereocenters. The van der Waals surface area contributed by atoms with Crippen LogP contribution in [0.15, 0.2) is 57.8 Å². The number of hydrogen-bond acceptors (Lipinski definition) is 4. The number of furan rings is 2. The number of halogens is 2. The molecule has 0 aliphatic rings. The Morgan fingerprint density at radius 2 is 1.41 bits per heavy atom. The van der Waals surface area contributed by atoms with Crippen molar-refractivity contribution in [3.8, 4) is 22.9 Å². The first-order valence-electron chi connectivity index (χ1n) is 6.47. The van der Waals surface area contributed by atoms with Crippen molar-refractivity contribution >= 4 is 34.2 Å². The van der Waals surface area contributed by atoms with E-state index in [1.165, 1.54) is 0 Å². The van der Waals surface area contributed by atoms with Crippen LogP contribution in [0.2, 0.25) is 10.0 Å². The van der Waals surface area contributed by atoms with Gasteiger partial charge in [0.2, 0.25) is 0 Å². The number of nitrogens with zero attached hydrogens (tertiary/aromatic N) is 2. The van der Waals surface area contributed by atoms with Crippen molar-refractivity contribution in [3.63, 3.8) is 0 Å². The van der Waals surface area contributed by atoms with Crippen molar-refractivity contribution in [1.82, 2.24) is 9.97 Å². The predicted octanol–water partition coefficient (Wildman–Crippen LogP) is 5.46. The smallest absolute Gasteiger partial charge is 0.154 e. The van der Waals surface area contributed by atoms with E-state index in [1.54, 1.807) is 42.9 Å². The zero-order valence-electron chi connectivity index (χ0n) is 11.1. The summed E-state index contributed by atoms with van der Waals surface area (Å²) in [7, 11) is 0. The quantitative estimate of drug-likeness (QED) is 0.490. The van der Waals surface area contributed by atoms with Gasteiger partial charge in [-0.25, -0.2) is 9.97 Å². The summed E-state index contributed by atoms with van der Waals surface area (Å²) in [5.74, 6) is 1.18. The van der Waals surface area contributed by atoms with Gasteiger partial charge in [-0.3, -0.25) is 0 Å². The highest BCUT2D eigenvalue weighted by Gasteiger charge is 2.18. The molecule has 4 aromatic rings. The maximum atomic E-state index is 6.25. The van der Waals surface area contributed by atoms with Gasteiger partial charge in [0, 0.05) is 0 Å². The lowest BCUT2D eigenvalue weighted by Gasteiger charge is -2.08. The topological polar surface area (TPSA) is 52.1 Å². The summed E-state index contributed by atoms with van der Waals surface area (Å²) in [5, 5.41) is 0.796. The van der Waals surface area contributed by atoms with Crippen molar-refractivity contribution in [1.29, 1.82) is 0 Å². The minimum atomic E-state index is 0.366. The first-order chi connectivity index (χ1) is 10.7. The van der Waals surface area contributed by atoms with Crippen molar-refractivity contribution in [2.45, 2.75) is 0 Å². The third-order valence-electron chi connectivity index (χ3n) is 3.24. The second-order valence-electron chi connectivity index (χ2n) is 4.60. The second-order valence-corrected chi connectivity index (χ2v) is 5.39. The summed E-state index contributed by atoms with van der Waals surface area (Å²) in [5.41, 5.74) is 2.30. The largest absolute Gasteiger partial charge is 0.463 e. The van der Waals surface area contributed by atoms with Gasteiger partial charge in [-0.2, -0.15) is 0 Å². The summed E-state index contributed by atoms with van der Waals surface area (Å²) in [6, 6.07) is 10.7. The van der Waals surface area contributed by atoms with Gasteiger partial charge >= 0.3 is 0 Å². The molecule has 0 amide bonds. The van der Waals surface area contributed by atoms with Gasteiger partial charge in [-0.1, -0.05) is 23.2 Å². The standard InChI is InChI=1S/C16H8Cl2N2O2/c17-9-5-6-10-14(13(9)18)20-16(12-4-2-8-22-12)15(19-10)11-3-1-7-21-11/h1-8H. The van der Waals surface area contributed by atoms with Crippen LogP contribution in [-0.2, 0) is 0 Å². The van der Waals surface area contributed by atoms with Gasteiger partial charge < -0.3 is 8.83 Å². The molecule has 3 heterocycles. The van der Waals surface area contributed by atoms with Crippen molar-refractivity contribution in [2.24, 2.45) is 0 Å². The number of benzene rings is 1.